The Morgan fingerprint density at radius 3 is 2.39 bits per heavy atom. The summed E-state index contributed by atoms with van der Waals surface area (Å²) in [6.45, 7) is 4.82. The molecule has 2 heterocycles. The van der Waals surface area contributed by atoms with Crippen LogP contribution in [-0.2, 0) is 32.2 Å². The molecule has 0 saturated heterocycles. The van der Waals surface area contributed by atoms with Gasteiger partial charge >= 0.3 is 11.9 Å². The molecule has 1 aromatic carbocycles. The number of fused-ring (bicyclic) bond motifs is 1. The first kappa shape index (κ1) is 28.2. The minimum absolute atomic E-state index is 0.0157. The van der Waals surface area contributed by atoms with E-state index >= 15 is 0 Å². The lowest BCUT2D eigenvalue weighted by Crippen LogP contribution is -2.42. The van der Waals surface area contributed by atoms with Crippen LogP contribution in [0.1, 0.15) is 48.3 Å². The summed E-state index contributed by atoms with van der Waals surface area (Å²) in [4.78, 5) is 55.5. The van der Waals surface area contributed by atoms with E-state index in [1.165, 1.54) is 0 Å². The first-order chi connectivity index (χ1) is 18.2. The summed E-state index contributed by atoms with van der Waals surface area (Å²) >= 11 is 0. The smallest absolute Gasteiger partial charge is 0.328 e. The number of carbonyl (C=O) groups excluding carboxylic acids is 3. The van der Waals surface area contributed by atoms with Crippen molar-refractivity contribution in [3.05, 3.63) is 47.3 Å². The zero-order chi connectivity index (χ0) is 27.7. The van der Waals surface area contributed by atoms with Crippen LogP contribution in [-0.4, -0.2) is 69.0 Å². The van der Waals surface area contributed by atoms with Crippen LogP contribution in [0.3, 0.4) is 0 Å². The number of nitrogens with zero attached hydrogens (tertiary/aromatic N) is 5. The molecule has 0 aliphatic rings. The monoisotopic (exact) mass is 524 g/mol. The molecule has 13 nitrogen and oxygen atoms in total. The fraction of sp³-hybridized carbons (Fsp3) is 0.400. The minimum atomic E-state index is -0.961. The zero-order valence-electron chi connectivity index (χ0n) is 21.6. The number of carbonyl (C=O) groups is 3. The Morgan fingerprint density at radius 1 is 1.00 bits per heavy atom. The standard InChI is InChI=1S/C25H32N8O5/c1-4-37-19(34)11-10-18(24(36)38-5-2)30-23(35)16-8-6-15(7-9-16)13-33(3)14-17-12-28-22-20(29-17)21(26)31-25(27)32-22/h6-9,12,18H,4-5,10-11,13-14H2,1-3H3,(H,30,35)(H4,26,27,28,31,32). The summed E-state index contributed by atoms with van der Waals surface area (Å²) in [7, 11) is 1.92. The number of hydrogen-bond acceptors (Lipinski definition) is 12. The number of esters is 2. The highest BCUT2D eigenvalue weighted by molar-refractivity contribution is 5.96. The Labute approximate surface area is 219 Å². The van der Waals surface area contributed by atoms with E-state index in [0.29, 0.717) is 35.5 Å². The number of nitrogens with two attached hydrogens (primary N) is 2. The Hall–Kier alpha value is -4.39. The van der Waals surface area contributed by atoms with Crippen molar-refractivity contribution in [3.8, 4) is 0 Å². The van der Waals surface area contributed by atoms with Crippen molar-refractivity contribution >= 4 is 40.8 Å². The molecular formula is C25H32N8O5. The van der Waals surface area contributed by atoms with E-state index in [2.05, 4.69) is 25.3 Å². The predicted molar refractivity (Wildman–Crippen MR) is 139 cm³/mol. The fourth-order valence-corrected chi connectivity index (χ4v) is 3.69. The van der Waals surface area contributed by atoms with Crippen LogP contribution in [0.15, 0.2) is 30.5 Å². The van der Waals surface area contributed by atoms with E-state index in [-0.39, 0.29) is 37.8 Å². The molecule has 0 saturated carbocycles. The SMILES string of the molecule is CCOC(=O)CCC(NC(=O)c1ccc(CN(C)Cc2cnc3nc(N)nc(N)c3n2)cc1)C(=O)OCC. The van der Waals surface area contributed by atoms with Crippen LogP contribution in [0.5, 0.6) is 0 Å². The average molecular weight is 525 g/mol. The van der Waals surface area contributed by atoms with Crippen LogP contribution in [0.25, 0.3) is 11.2 Å². The highest BCUT2D eigenvalue weighted by atomic mass is 16.5. The van der Waals surface area contributed by atoms with E-state index in [0.717, 1.165) is 5.56 Å². The Morgan fingerprint density at radius 2 is 1.71 bits per heavy atom. The minimum Gasteiger partial charge on any atom is -0.466 e. The van der Waals surface area contributed by atoms with Crippen molar-refractivity contribution in [1.29, 1.82) is 0 Å². The number of amides is 1. The van der Waals surface area contributed by atoms with Crippen molar-refractivity contribution < 1.29 is 23.9 Å². The van der Waals surface area contributed by atoms with Gasteiger partial charge in [0.2, 0.25) is 5.95 Å². The summed E-state index contributed by atoms with van der Waals surface area (Å²) < 4.78 is 9.94. The molecule has 202 valence electrons. The molecule has 0 bridgehead atoms. The van der Waals surface area contributed by atoms with E-state index < -0.39 is 23.9 Å². The second-order valence-electron chi connectivity index (χ2n) is 8.49. The molecule has 38 heavy (non-hydrogen) atoms. The predicted octanol–water partition coefficient (Wildman–Crippen LogP) is 1.22. The van der Waals surface area contributed by atoms with Gasteiger partial charge in [-0.05, 0) is 45.0 Å². The third-order valence-electron chi connectivity index (χ3n) is 5.42. The summed E-state index contributed by atoms with van der Waals surface area (Å²) in [5.41, 5.74) is 14.2. The van der Waals surface area contributed by atoms with Gasteiger partial charge < -0.3 is 26.3 Å². The molecule has 1 unspecified atom stereocenters. The fourth-order valence-electron chi connectivity index (χ4n) is 3.69. The quantitative estimate of drug-likeness (QED) is 0.288. The molecule has 5 N–H and O–H groups in total. The molecule has 13 heteroatoms. The van der Waals surface area contributed by atoms with E-state index in [9.17, 15) is 14.4 Å². The van der Waals surface area contributed by atoms with Gasteiger partial charge in [-0.3, -0.25) is 14.5 Å². The van der Waals surface area contributed by atoms with Gasteiger partial charge in [0.1, 0.15) is 6.04 Å². The number of benzene rings is 1. The molecule has 3 rings (SSSR count). The van der Waals surface area contributed by atoms with Crippen molar-refractivity contribution in [2.75, 3.05) is 31.7 Å². The molecule has 1 atom stereocenters. The number of anilines is 2. The lowest BCUT2D eigenvalue weighted by molar-refractivity contribution is -0.146. The van der Waals surface area contributed by atoms with Gasteiger partial charge in [0.25, 0.3) is 5.91 Å². The number of nitrogen functional groups attached to an aromatic ring is 2. The summed E-state index contributed by atoms with van der Waals surface area (Å²) in [6, 6.07) is 6.03. The van der Waals surface area contributed by atoms with Gasteiger partial charge in [-0.25, -0.2) is 14.8 Å². The van der Waals surface area contributed by atoms with Crippen LogP contribution >= 0.6 is 0 Å². The maximum Gasteiger partial charge on any atom is 0.328 e. The first-order valence-electron chi connectivity index (χ1n) is 12.1. The number of ether oxygens (including phenoxy) is 2. The highest BCUT2D eigenvalue weighted by Crippen LogP contribution is 2.16. The lowest BCUT2D eigenvalue weighted by atomic mass is 10.1. The summed E-state index contributed by atoms with van der Waals surface area (Å²) in [5.74, 6) is -1.28. The van der Waals surface area contributed by atoms with Crippen molar-refractivity contribution in [3.63, 3.8) is 0 Å². The average Bonchev–Trinajstić information content (AvgIpc) is 2.87. The third-order valence-corrected chi connectivity index (χ3v) is 5.42. The topological polar surface area (TPSA) is 189 Å². The van der Waals surface area contributed by atoms with Crippen molar-refractivity contribution in [2.45, 2.75) is 45.8 Å². The normalized spacial score (nSPS) is 11.8. The van der Waals surface area contributed by atoms with Crippen LogP contribution < -0.4 is 16.8 Å². The second kappa shape index (κ2) is 13.2. The Kier molecular flexibility index (Phi) is 9.82. The number of rotatable bonds is 12. The van der Waals surface area contributed by atoms with Gasteiger partial charge in [0, 0.05) is 25.1 Å². The lowest BCUT2D eigenvalue weighted by Gasteiger charge is -2.18. The van der Waals surface area contributed by atoms with E-state index in [1.807, 2.05) is 24.1 Å². The maximum atomic E-state index is 12.8. The van der Waals surface area contributed by atoms with Crippen LogP contribution in [0.4, 0.5) is 11.8 Å². The van der Waals surface area contributed by atoms with Crippen molar-refractivity contribution in [2.24, 2.45) is 0 Å². The molecule has 0 fully saturated rings. The number of hydrogen-bond donors (Lipinski definition) is 3. The molecule has 0 spiro atoms. The third kappa shape index (κ3) is 7.80. The van der Waals surface area contributed by atoms with Crippen LogP contribution in [0, 0.1) is 0 Å². The van der Waals surface area contributed by atoms with E-state index in [1.54, 1.807) is 32.2 Å². The van der Waals surface area contributed by atoms with Gasteiger partial charge in [0.15, 0.2) is 17.0 Å². The zero-order valence-corrected chi connectivity index (χ0v) is 21.6. The van der Waals surface area contributed by atoms with Gasteiger partial charge in [0.05, 0.1) is 25.1 Å². The summed E-state index contributed by atoms with van der Waals surface area (Å²) in [5, 5.41) is 2.66. The van der Waals surface area contributed by atoms with Crippen molar-refractivity contribution in [1.82, 2.24) is 30.2 Å². The molecular weight excluding hydrogens is 492 g/mol. The van der Waals surface area contributed by atoms with Gasteiger partial charge in [-0.1, -0.05) is 12.1 Å². The Bertz CT molecular complexity index is 1280. The van der Waals surface area contributed by atoms with E-state index in [4.69, 9.17) is 20.9 Å². The summed E-state index contributed by atoms with van der Waals surface area (Å²) in [6.07, 6.45) is 1.67. The number of nitrogens with one attached hydrogen (secondary N) is 1. The van der Waals surface area contributed by atoms with Gasteiger partial charge in [-0.2, -0.15) is 9.97 Å². The molecule has 0 radical (unpaired) electrons. The highest BCUT2D eigenvalue weighted by Gasteiger charge is 2.24. The molecule has 3 aromatic rings. The Balaban J connectivity index is 1.60. The maximum absolute atomic E-state index is 12.8. The molecule has 2 aromatic heterocycles. The first-order valence-corrected chi connectivity index (χ1v) is 12.1. The molecule has 0 aliphatic carbocycles. The molecule has 0 aliphatic heterocycles. The molecule has 1 amide bonds. The number of aromatic nitrogens is 4. The van der Waals surface area contributed by atoms with Crippen LogP contribution in [0.2, 0.25) is 0 Å². The van der Waals surface area contributed by atoms with Gasteiger partial charge in [-0.15, -0.1) is 0 Å². The second-order valence-corrected chi connectivity index (χ2v) is 8.49. The largest absolute Gasteiger partial charge is 0.466 e.